The number of unbranched alkanes of at least 4 members (excludes halogenated alkanes) is 1. The molecule has 0 aliphatic heterocycles. The summed E-state index contributed by atoms with van der Waals surface area (Å²) in [6.07, 6.45) is 2.09. The van der Waals surface area contributed by atoms with Crippen molar-refractivity contribution in [3.8, 4) is 6.07 Å². The van der Waals surface area contributed by atoms with Gasteiger partial charge in [0.05, 0.1) is 6.07 Å². The summed E-state index contributed by atoms with van der Waals surface area (Å²) in [6.45, 7) is 2.90. The first kappa shape index (κ1) is 12.7. The van der Waals surface area contributed by atoms with E-state index in [-0.39, 0.29) is 5.82 Å². The molecule has 1 aromatic carbocycles. The summed E-state index contributed by atoms with van der Waals surface area (Å²) in [5.41, 5.74) is 0.462. The van der Waals surface area contributed by atoms with E-state index in [4.69, 9.17) is 5.26 Å². The number of rotatable bonds is 5. The lowest BCUT2D eigenvalue weighted by atomic mass is 10.1. The van der Waals surface area contributed by atoms with Crippen molar-refractivity contribution >= 4 is 0 Å². The average molecular weight is 220 g/mol. The molecule has 16 heavy (non-hydrogen) atoms. The molecular formula is C13H17FN2. The zero-order valence-electron chi connectivity index (χ0n) is 9.78. The minimum atomic E-state index is -0.493. The highest BCUT2D eigenvalue weighted by molar-refractivity contribution is 5.25. The van der Waals surface area contributed by atoms with Gasteiger partial charge in [-0.1, -0.05) is 31.5 Å². The largest absolute Gasteiger partial charge is 0.287 e. The van der Waals surface area contributed by atoms with Crippen molar-refractivity contribution in [2.45, 2.75) is 25.8 Å². The van der Waals surface area contributed by atoms with Crippen LogP contribution in [0.15, 0.2) is 24.3 Å². The first-order valence-corrected chi connectivity index (χ1v) is 5.55. The predicted octanol–water partition coefficient (Wildman–Crippen LogP) is 3.12. The molecule has 0 aromatic heterocycles. The van der Waals surface area contributed by atoms with Gasteiger partial charge >= 0.3 is 0 Å². The molecule has 1 atom stereocenters. The summed E-state index contributed by atoms with van der Waals surface area (Å²) in [5, 5.41) is 9.12. The van der Waals surface area contributed by atoms with Crippen molar-refractivity contribution < 1.29 is 4.39 Å². The Bertz CT molecular complexity index is 370. The summed E-state index contributed by atoms with van der Waals surface area (Å²) in [5.74, 6) is -0.308. The van der Waals surface area contributed by atoms with E-state index >= 15 is 0 Å². The fourth-order valence-corrected chi connectivity index (χ4v) is 1.64. The van der Waals surface area contributed by atoms with Crippen LogP contribution < -0.4 is 0 Å². The molecule has 0 spiro atoms. The second kappa shape index (κ2) is 6.24. The van der Waals surface area contributed by atoms with Crippen LogP contribution >= 0.6 is 0 Å². The van der Waals surface area contributed by atoms with Gasteiger partial charge in [-0.25, -0.2) is 4.39 Å². The predicted molar refractivity (Wildman–Crippen MR) is 62.3 cm³/mol. The first-order valence-electron chi connectivity index (χ1n) is 5.55. The second-order valence-electron chi connectivity index (χ2n) is 3.89. The maximum Gasteiger partial charge on any atom is 0.129 e. The molecule has 0 heterocycles. The Morgan fingerprint density at radius 1 is 1.44 bits per heavy atom. The van der Waals surface area contributed by atoms with Crippen molar-refractivity contribution in [2.75, 3.05) is 13.6 Å². The van der Waals surface area contributed by atoms with Crippen molar-refractivity contribution in [3.63, 3.8) is 0 Å². The van der Waals surface area contributed by atoms with Crippen LogP contribution in [0.2, 0.25) is 0 Å². The van der Waals surface area contributed by atoms with Gasteiger partial charge in [-0.2, -0.15) is 5.26 Å². The molecule has 1 unspecified atom stereocenters. The van der Waals surface area contributed by atoms with Crippen molar-refractivity contribution in [3.05, 3.63) is 35.6 Å². The number of nitriles is 1. The first-order chi connectivity index (χ1) is 7.70. The highest BCUT2D eigenvalue weighted by atomic mass is 19.1. The van der Waals surface area contributed by atoms with Gasteiger partial charge in [-0.15, -0.1) is 0 Å². The molecular weight excluding hydrogens is 203 g/mol. The van der Waals surface area contributed by atoms with Gasteiger partial charge < -0.3 is 0 Å². The monoisotopic (exact) mass is 220 g/mol. The molecule has 0 aliphatic rings. The lowest BCUT2D eigenvalue weighted by Crippen LogP contribution is -2.25. The van der Waals surface area contributed by atoms with Gasteiger partial charge in [-0.3, -0.25) is 4.90 Å². The van der Waals surface area contributed by atoms with Crippen LogP contribution in [0.3, 0.4) is 0 Å². The van der Waals surface area contributed by atoms with E-state index in [0.29, 0.717) is 5.56 Å². The molecule has 0 radical (unpaired) electrons. The van der Waals surface area contributed by atoms with Crippen molar-refractivity contribution in [1.82, 2.24) is 4.90 Å². The summed E-state index contributed by atoms with van der Waals surface area (Å²) in [4.78, 5) is 1.89. The Labute approximate surface area is 96.3 Å². The third-order valence-electron chi connectivity index (χ3n) is 2.63. The Kier molecular flexibility index (Phi) is 4.94. The third kappa shape index (κ3) is 3.04. The lowest BCUT2D eigenvalue weighted by molar-refractivity contribution is 0.281. The van der Waals surface area contributed by atoms with Gasteiger partial charge in [0, 0.05) is 5.56 Å². The van der Waals surface area contributed by atoms with E-state index in [1.807, 2.05) is 11.9 Å². The van der Waals surface area contributed by atoms with Crippen LogP contribution in [-0.2, 0) is 0 Å². The van der Waals surface area contributed by atoms with Gasteiger partial charge in [0.1, 0.15) is 11.9 Å². The fourth-order valence-electron chi connectivity index (χ4n) is 1.64. The van der Waals surface area contributed by atoms with E-state index in [0.717, 1.165) is 19.4 Å². The highest BCUT2D eigenvalue weighted by Crippen LogP contribution is 2.21. The summed E-state index contributed by atoms with van der Waals surface area (Å²) < 4.78 is 13.5. The average Bonchev–Trinajstić information content (AvgIpc) is 2.30. The standard InChI is InChI=1S/C13H17FN2/c1-3-4-9-16(2)13(10-15)11-7-5-6-8-12(11)14/h5-8,13H,3-4,9H2,1-2H3. The maximum absolute atomic E-state index is 13.5. The normalized spacial score (nSPS) is 12.4. The second-order valence-corrected chi connectivity index (χ2v) is 3.89. The number of hydrogen-bond acceptors (Lipinski definition) is 2. The van der Waals surface area contributed by atoms with Crippen molar-refractivity contribution in [1.29, 1.82) is 5.26 Å². The van der Waals surface area contributed by atoms with E-state index in [9.17, 15) is 4.39 Å². The Balaban J connectivity index is 2.83. The minimum Gasteiger partial charge on any atom is -0.287 e. The van der Waals surface area contributed by atoms with Crippen LogP contribution in [0.4, 0.5) is 4.39 Å². The SMILES string of the molecule is CCCCN(C)C(C#N)c1ccccc1F. The van der Waals surface area contributed by atoms with Gasteiger partial charge in [0.15, 0.2) is 0 Å². The molecule has 1 rings (SSSR count). The number of benzene rings is 1. The molecule has 1 aromatic rings. The summed E-state index contributed by atoms with van der Waals surface area (Å²) in [7, 11) is 1.86. The Morgan fingerprint density at radius 2 is 2.12 bits per heavy atom. The van der Waals surface area contributed by atoms with Crippen LogP contribution in [0.1, 0.15) is 31.4 Å². The molecule has 0 saturated carbocycles. The molecule has 3 heteroatoms. The third-order valence-corrected chi connectivity index (χ3v) is 2.63. The quantitative estimate of drug-likeness (QED) is 0.762. The summed E-state index contributed by atoms with van der Waals surface area (Å²) >= 11 is 0. The van der Waals surface area contributed by atoms with Crippen molar-refractivity contribution in [2.24, 2.45) is 0 Å². The van der Waals surface area contributed by atoms with Gasteiger partial charge in [0.25, 0.3) is 0 Å². The smallest absolute Gasteiger partial charge is 0.129 e. The number of nitrogens with zero attached hydrogens (tertiary/aromatic N) is 2. The van der Waals surface area contributed by atoms with Crippen LogP contribution in [0.25, 0.3) is 0 Å². The van der Waals surface area contributed by atoms with Crippen LogP contribution in [-0.4, -0.2) is 18.5 Å². The molecule has 0 aliphatic carbocycles. The highest BCUT2D eigenvalue weighted by Gasteiger charge is 2.18. The Morgan fingerprint density at radius 3 is 2.69 bits per heavy atom. The van der Waals surface area contributed by atoms with E-state index in [2.05, 4.69) is 13.0 Å². The topological polar surface area (TPSA) is 27.0 Å². The Hall–Kier alpha value is -1.40. The zero-order valence-corrected chi connectivity index (χ0v) is 9.78. The zero-order chi connectivity index (χ0) is 12.0. The van der Waals surface area contributed by atoms with Crippen LogP contribution in [0.5, 0.6) is 0 Å². The van der Waals surface area contributed by atoms with E-state index < -0.39 is 6.04 Å². The van der Waals surface area contributed by atoms with E-state index in [1.165, 1.54) is 6.07 Å². The molecule has 0 bridgehead atoms. The molecule has 86 valence electrons. The molecule has 2 nitrogen and oxygen atoms in total. The fraction of sp³-hybridized carbons (Fsp3) is 0.462. The molecule has 0 N–H and O–H groups in total. The maximum atomic E-state index is 13.5. The van der Waals surface area contributed by atoms with Gasteiger partial charge in [0.2, 0.25) is 0 Å². The molecule has 0 saturated heterocycles. The van der Waals surface area contributed by atoms with Crippen LogP contribution in [0, 0.1) is 17.1 Å². The molecule has 0 fully saturated rings. The van der Waals surface area contributed by atoms with Gasteiger partial charge in [-0.05, 0) is 26.1 Å². The summed E-state index contributed by atoms with van der Waals surface area (Å²) in [6, 6.07) is 8.13. The van der Waals surface area contributed by atoms with E-state index in [1.54, 1.807) is 18.2 Å². The molecule has 0 amide bonds. The minimum absolute atomic E-state index is 0.308. The lowest BCUT2D eigenvalue weighted by Gasteiger charge is -2.22. The number of hydrogen-bond donors (Lipinski definition) is 0. The number of halogens is 1.